The Morgan fingerprint density at radius 3 is 2.08 bits per heavy atom. The van der Waals surface area contributed by atoms with Gasteiger partial charge in [-0.15, -0.1) is 0 Å². The molecule has 0 radical (unpaired) electrons. The number of alkyl halides is 3. The van der Waals surface area contributed by atoms with Crippen LogP contribution in [0.1, 0.15) is 5.69 Å². The maximum atomic E-state index is 13.5. The number of nitrogen functional groups attached to an aromatic ring is 1. The fraction of sp³-hybridized carbons (Fsp3) is 0.0625. The maximum absolute atomic E-state index is 13.5. The van der Waals surface area contributed by atoms with E-state index in [1.165, 1.54) is 30.3 Å². The molecule has 0 aliphatic rings. The van der Waals surface area contributed by atoms with Crippen LogP contribution in [0.2, 0.25) is 15.1 Å². The topological polar surface area (TPSA) is 43.8 Å². The van der Waals surface area contributed by atoms with Crippen molar-refractivity contribution in [1.82, 2.24) is 9.78 Å². The molecule has 2 N–H and O–H groups in total. The summed E-state index contributed by atoms with van der Waals surface area (Å²) in [6, 6.07) is 10.5. The summed E-state index contributed by atoms with van der Waals surface area (Å²) in [5.74, 6) is -0.246. The van der Waals surface area contributed by atoms with E-state index in [2.05, 4.69) is 5.10 Å². The fourth-order valence-electron chi connectivity index (χ4n) is 2.42. The summed E-state index contributed by atoms with van der Waals surface area (Å²) in [6.07, 6.45) is -4.75. The molecule has 0 saturated heterocycles. The van der Waals surface area contributed by atoms with Gasteiger partial charge in [0.1, 0.15) is 5.82 Å². The van der Waals surface area contributed by atoms with Crippen molar-refractivity contribution >= 4 is 40.6 Å². The molecule has 2 aromatic carbocycles. The van der Waals surface area contributed by atoms with E-state index in [0.717, 1.165) is 4.68 Å². The molecule has 1 aromatic heterocycles. The van der Waals surface area contributed by atoms with Crippen molar-refractivity contribution in [3.63, 3.8) is 0 Å². The second-order valence-corrected chi connectivity index (χ2v) is 6.35. The SMILES string of the molecule is Nc1c(-c2c(Cl)cccc2Cl)c(C(F)(F)F)nn1-c1cccc(Cl)c1. The van der Waals surface area contributed by atoms with E-state index in [1.807, 2.05) is 0 Å². The van der Waals surface area contributed by atoms with Crippen LogP contribution in [0.15, 0.2) is 42.5 Å². The predicted octanol–water partition coefficient (Wildman–Crippen LogP) is 6.10. The second kappa shape index (κ2) is 6.44. The van der Waals surface area contributed by atoms with Crippen LogP contribution in [0.25, 0.3) is 16.8 Å². The minimum absolute atomic E-state index is 0.0241. The Labute approximate surface area is 155 Å². The first kappa shape index (κ1) is 17.9. The van der Waals surface area contributed by atoms with E-state index in [4.69, 9.17) is 40.5 Å². The van der Waals surface area contributed by atoms with Gasteiger partial charge < -0.3 is 5.73 Å². The summed E-state index contributed by atoms with van der Waals surface area (Å²) in [4.78, 5) is 0. The summed E-state index contributed by atoms with van der Waals surface area (Å²) < 4.78 is 41.6. The first-order chi connectivity index (χ1) is 11.7. The Hall–Kier alpha value is -1.89. The molecule has 0 atom stereocenters. The summed E-state index contributed by atoms with van der Waals surface area (Å²) in [7, 11) is 0. The molecule has 0 bridgehead atoms. The first-order valence-corrected chi connectivity index (χ1v) is 7.99. The lowest BCUT2D eigenvalue weighted by atomic mass is 10.0. The molecule has 0 unspecified atom stereocenters. The van der Waals surface area contributed by atoms with Crippen molar-refractivity contribution in [2.24, 2.45) is 0 Å². The number of nitrogens with zero attached hydrogens (tertiary/aromatic N) is 2. The van der Waals surface area contributed by atoms with Crippen LogP contribution >= 0.6 is 34.8 Å². The lowest BCUT2D eigenvalue weighted by Crippen LogP contribution is -2.08. The van der Waals surface area contributed by atoms with Gasteiger partial charge in [0.25, 0.3) is 0 Å². The highest BCUT2D eigenvalue weighted by Crippen LogP contribution is 2.45. The van der Waals surface area contributed by atoms with E-state index in [9.17, 15) is 13.2 Å². The highest BCUT2D eigenvalue weighted by Gasteiger charge is 2.40. The van der Waals surface area contributed by atoms with Crippen molar-refractivity contribution in [3.8, 4) is 16.8 Å². The lowest BCUT2D eigenvalue weighted by Gasteiger charge is -2.10. The van der Waals surface area contributed by atoms with Gasteiger partial charge in [-0.2, -0.15) is 18.3 Å². The molecular weight excluding hydrogens is 398 g/mol. The lowest BCUT2D eigenvalue weighted by molar-refractivity contribution is -0.140. The van der Waals surface area contributed by atoms with Gasteiger partial charge in [-0.3, -0.25) is 0 Å². The monoisotopic (exact) mass is 405 g/mol. The molecule has 130 valence electrons. The zero-order valence-corrected chi connectivity index (χ0v) is 14.5. The van der Waals surface area contributed by atoms with Crippen LogP contribution in [0, 0.1) is 0 Å². The van der Waals surface area contributed by atoms with Crippen LogP contribution in [0.3, 0.4) is 0 Å². The van der Waals surface area contributed by atoms with E-state index >= 15 is 0 Å². The van der Waals surface area contributed by atoms with Gasteiger partial charge >= 0.3 is 6.18 Å². The molecular formula is C16H9Cl3F3N3. The molecule has 1 heterocycles. The van der Waals surface area contributed by atoms with E-state index < -0.39 is 11.9 Å². The largest absolute Gasteiger partial charge is 0.435 e. The molecule has 9 heteroatoms. The Morgan fingerprint density at radius 1 is 0.920 bits per heavy atom. The molecule has 3 aromatic rings. The van der Waals surface area contributed by atoms with Gasteiger partial charge in [0, 0.05) is 10.6 Å². The summed E-state index contributed by atoms with van der Waals surface area (Å²) in [6.45, 7) is 0. The molecule has 25 heavy (non-hydrogen) atoms. The molecule has 0 fully saturated rings. The number of hydrogen-bond donors (Lipinski definition) is 1. The van der Waals surface area contributed by atoms with Gasteiger partial charge in [0.05, 0.1) is 21.3 Å². The molecule has 3 nitrogen and oxygen atoms in total. The van der Waals surface area contributed by atoms with E-state index in [0.29, 0.717) is 5.02 Å². The highest BCUT2D eigenvalue weighted by molar-refractivity contribution is 6.39. The third-order valence-electron chi connectivity index (χ3n) is 3.46. The maximum Gasteiger partial charge on any atom is 0.435 e. The van der Waals surface area contributed by atoms with Crippen LogP contribution in [0.5, 0.6) is 0 Å². The molecule has 0 spiro atoms. The minimum Gasteiger partial charge on any atom is -0.383 e. The normalized spacial score (nSPS) is 11.8. The smallest absolute Gasteiger partial charge is 0.383 e. The average molecular weight is 407 g/mol. The van der Waals surface area contributed by atoms with Crippen molar-refractivity contribution in [3.05, 3.63) is 63.2 Å². The van der Waals surface area contributed by atoms with Crippen molar-refractivity contribution in [2.75, 3.05) is 5.73 Å². The van der Waals surface area contributed by atoms with Gasteiger partial charge in [0.15, 0.2) is 5.69 Å². The van der Waals surface area contributed by atoms with E-state index in [1.54, 1.807) is 12.1 Å². The van der Waals surface area contributed by atoms with Gasteiger partial charge in [-0.25, -0.2) is 4.68 Å². The fourth-order valence-corrected chi connectivity index (χ4v) is 3.19. The summed E-state index contributed by atoms with van der Waals surface area (Å²) in [5, 5.41) is 4.05. The quantitative estimate of drug-likeness (QED) is 0.559. The molecule has 0 amide bonds. The van der Waals surface area contributed by atoms with Crippen LogP contribution in [-0.4, -0.2) is 9.78 Å². The molecule has 3 rings (SSSR count). The van der Waals surface area contributed by atoms with Crippen LogP contribution in [0.4, 0.5) is 19.0 Å². The van der Waals surface area contributed by atoms with Crippen molar-refractivity contribution < 1.29 is 13.2 Å². The third-order valence-corrected chi connectivity index (χ3v) is 4.32. The zero-order valence-electron chi connectivity index (χ0n) is 12.3. The number of nitrogens with two attached hydrogens (primary N) is 1. The second-order valence-electron chi connectivity index (χ2n) is 5.09. The van der Waals surface area contributed by atoms with Gasteiger partial charge in [-0.05, 0) is 30.3 Å². The summed E-state index contributed by atoms with van der Waals surface area (Å²) in [5.41, 5.74) is 4.70. The average Bonchev–Trinajstić information content (AvgIpc) is 2.85. The van der Waals surface area contributed by atoms with E-state index in [-0.39, 0.29) is 32.7 Å². The van der Waals surface area contributed by atoms with Gasteiger partial charge in [-0.1, -0.05) is 46.9 Å². The number of halogens is 6. The number of hydrogen-bond acceptors (Lipinski definition) is 2. The molecule has 0 aliphatic carbocycles. The number of aromatic nitrogens is 2. The predicted molar refractivity (Wildman–Crippen MR) is 93.4 cm³/mol. The Morgan fingerprint density at radius 2 is 1.52 bits per heavy atom. The highest BCUT2D eigenvalue weighted by atomic mass is 35.5. The number of anilines is 1. The number of benzene rings is 2. The van der Waals surface area contributed by atoms with Gasteiger partial charge in [0.2, 0.25) is 0 Å². The Bertz CT molecular complexity index is 931. The Kier molecular flexibility index (Phi) is 4.62. The molecule has 0 saturated carbocycles. The Balaban J connectivity index is 2.35. The number of rotatable bonds is 2. The van der Waals surface area contributed by atoms with Crippen molar-refractivity contribution in [1.29, 1.82) is 0 Å². The minimum atomic E-state index is -4.75. The van der Waals surface area contributed by atoms with Crippen LogP contribution < -0.4 is 5.73 Å². The van der Waals surface area contributed by atoms with Crippen LogP contribution in [-0.2, 0) is 6.18 Å². The first-order valence-electron chi connectivity index (χ1n) is 6.86. The standard InChI is InChI=1S/C16H9Cl3F3N3/c17-8-3-1-4-9(7-8)25-15(23)13(14(24-25)16(20,21)22)12-10(18)5-2-6-11(12)19/h1-7H,23H2. The molecule has 0 aliphatic heterocycles. The third kappa shape index (κ3) is 3.29. The van der Waals surface area contributed by atoms with Crippen molar-refractivity contribution in [2.45, 2.75) is 6.18 Å². The summed E-state index contributed by atoms with van der Waals surface area (Å²) >= 11 is 18.1. The zero-order chi connectivity index (χ0) is 18.4.